The number of benzene rings is 3. The molecule has 0 radical (unpaired) electrons. The number of carbonyl (C=O) groups excluding carboxylic acids is 2. The first-order valence-corrected chi connectivity index (χ1v) is 15.1. The van der Waals surface area contributed by atoms with Crippen LogP contribution < -0.4 is 23.8 Å². The molecule has 3 aromatic rings. The van der Waals surface area contributed by atoms with Crippen LogP contribution >= 0.6 is 23.2 Å². The minimum atomic E-state index is -4.34. The number of hydrogen-bond acceptors (Lipinski definition) is 7. The normalized spacial score (nSPS) is 11.8. The maximum Gasteiger partial charge on any atom is 0.264 e. The number of nitrogens with one attached hydrogen (secondary N) is 1. The molecule has 0 fully saturated rings. The van der Waals surface area contributed by atoms with Gasteiger partial charge in [-0.3, -0.25) is 13.9 Å². The highest BCUT2D eigenvalue weighted by atomic mass is 35.5. The molecule has 0 bridgehead atoms. The van der Waals surface area contributed by atoms with Gasteiger partial charge in [-0.15, -0.1) is 0 Å². The number of amides is 2. The second-order valence-corrected chi connectivity index (χ2v) is 11.7. The number of nitrogens with zero attached hydrogens (tertiary/aromatic N) is 2. The Balaban J connectivity index is 2.09. The standard InChI is InChI=1S/C29H33Cl2N3O7S/c1-6-41-23-11-9-22(10-12-23)34(42(37,38)24-13-14-26(39-4)27(16-24)40-5)18-28(35)33(19(2)29(36)32-3)17-20-7-8-21(30)15-25(20)31/h7-16,19H,6,17-18H2,1-5H3,(H,32,36)/t19-/m0/s1. The Morgan fingerprint density at radius 2 is 1.62 bits per heavy atom. The van der Waals surface area contributed by atoms with Crippen LogP contribution in [-0.2, 0) is 26.2 Å². The number of carbonyl (C=O) groups is 2. The molecule has 0 unspecified atom stereocenters. The van der Waals surface area contributed by atoms with E-state index >= 15 is 0 Å². The zero-order valence-corrected chi connectivity index (χ0v) is 26.2. The molecule has 0 spiro atoms. The van der Waals surface area contributed by atoms with Gasteiger partial charge in [-0.25, -0.2) is 8.42 Å². The van der Waals surface area contributed by atoms with E-state index in [9.17, 15) is 18.0 Å². The third-order valence-electron chi connectivity index (χ3n) is 6.43. The summed E-state index contributed by atoms with van der Waals surface area (Å²) >= 11 is 12.4. The number of methoxy groups -OCH3 is 2. The fraction of sp³-hybridized carbons (Fsp3) is 0.310. The van der Waals surface area contributed by atoms with Crippen LogP contribution in [0, 0.1) is 0 Å². The summed E-state index contributed by atoms with van der Waals surface area (Å²) in [5, 5.41) is 3.24. The molecular weight excluding hydrogens is 605 g/mol. The van der Waals surface area contributed by atoms with Gasteiger partial charge in [0, 0.05) is 29.7 Å². The van der Waals surface area contributed by atoms with Crippen molar-refractivity contribution in [3.05, 3.63) is 76.3 Å². The number of hydrogen-bond donors (Lipinski definition) is 1. The first-order chi connectivity index (χ1) is 20.0. The summed E-state index contributed by atoms with van der Waals surface area (Å²) in [5.41, 5.74) is 0.735. The Morgan fingerprint density at radius 1 is 0.952 bits per heavy atom. The molecule has 0 heterocycles. The molecule has 10 nitrogen and oxygen atoms in total. The van der Waals surface area contributed by atoms with E-state index in [0.717, 1.165) is 4.31 Å². The Hall–Kier alpha value is -3.67. The lowest BCUT2D eigenvalue weighted by Gasteiger charge is -2.32. The number of likely N-dealkylation sites (N-methyl/N-ethyl adjacent to an activating group) is 1. The molecular formula is C29H33Cl2N3O7S. The molecule has 0 aliphatic rings. The molecule has 0 aliphatic carbocycles. The molecule has 42 heavy (non-hydrogen) atoms. The number of halogens is 2. The summed E-state index contributed by atoms with van der Waals surface area (Å²) in [6.45, 7) is 3.10. The minimum Gasteiger partial charge on any atom is -0.494 e. The highest BCUT2D eigenvalue weighted by Gasteiger charge is 2.33. The van der Waals surface area contributed by atoms with E-state index in [-0.39, 0.29) is 22.9 Å². The van der Waals surface area contributed by atoms with Crippen LogP contribution in [0.2, 0.25) is 10.0 Å². The molecule has 0 saturated carbocycles. The van der Waals surface area contributed by atoms with Crippen LogP contribution in [0.15, 0.2) is 65.6 Å². The van der Waals surface area contributed by atoms with Crippen LogP contribution in [0.25, 0.3) is 0 Å². The quantitative estimate of drug-likeness (QED) is 0.287. The minimum absolute atomic E-state index is 0.0725. The maximum absolute atomic E-state index is 14.1. The van der Waals surface area contributed by atoms with Crippen molar-refractivity contribution in [2.75, 3.05) is 38.7 Å². The molecule has 0 saturated heterocycles. The molecule has 13 heteroatoms. The fourth-order valence-electron chi connectivity index (χ4n) is 4.13. The molecule has 3 rings (SSSR count). The summed E-state index contributed by atoms with van der Waals surface area (Å²) in [4.78, 5) is 27.7. The van der Waals surface area contributed by atoms with Crippen molar-refractivity contribution in [2.45, 2.75) is 31.3 Å². The largest absolute Gasteiger partial charge is 0.494 e. The molecule has 1 N–H and O–H groups in total. The van der Waals surface area contributed by atoms with E-state index in [2.05, 4.69) is 5.32 Å². The molecule has 0 aliphatic heterocycles. The number of anilines is 1. The van der Waals surface area contributed by atoms with E-state index in [0.29, 0.717) is 33.7 Å². The molecule has 226 valence electrons. The van der Waals surface area contributed by atoms with Gasteiger partial charge in [0.05, 0.1) is 31.4 Å². The van der Waals surface area contributed by atoms with Gasteiger partial charge < -0.3 is 24.4 Å². The van der Waals surface area contributed by atoms with Gasteiger partial charge in [-0.1, -0.05) is 29.3 Å². The third-order valence-corrected chi connectivity index (χ3v) is 8.78. The Kier molecular flexibility index (Phi) is 11.3. The van der Waals surface area contributed by atoms with E-state index in [1.54, 1.807) is 43.3 Å². The highest BCUT2D eigenvalue weighted by molar-refractivity contribution is 7.92. The lowest BCUT2D eigenvalue weighted by molar-refractivity contribution is -0.139. The second-order valence-electron chi connectivity index (χ2n) is 9.00. The van der Waals surface area contributed by atoms with Crippen LogP contribution in [-0.4, -0.2) is 65.6 Å². The summed E-state index contributed by atoms with van der Waals surface area (Å²) in [7, 11) is -0.0619. The number of rotatable bonds is 13. The summed E-state index contributed by atoms with van der Waals surface area (Å²) < 4.78 is 45.2. The fourth-order valence-corrected chi connectivity index (χ4v) is 6.03. The van der Waals surface area contributed by atoms with Gasteiger partial charge in [-0.05, 0) is 67.9 Å². The topological polar surface area (TPSA) is 114 Å². The van der Waals surface area contributed by atoms with Crippen molar-refractivity contribution < 1.29 is 32.2 Å². The van der Waals surface area contributed by atoms with Crippen molar-refractivity contribution in [1.82, 2.24) is 10.2 Å². The highest BCUT2D eigenvalue weighted by Crippen LogP contribution is 2.33. The number of ether oxygens (including phenoxy) is 3. The van der Waals surface area contributed by atoms with Gasteiger partial charge in [0.15, 0.2) is 11.5 Å². The molecule has 3 aromatic carbocycles. The van der Waals surface area contributed by atoms with Crippen LogP contribution in [0.3, 0.4) is 0 Å². The predicted octanol–water partition coefficient (Wildman–Crippen LogP) is 4.77. The molecule has 1 atom stereocenters. The van der Waals surface area contributed by atoms with E-state index in [1.165, 1.54) is 50.4 Å². The van der Waals surface area contributed by atoms with Crippen molar-refractivity contribution in [3.8, 4) is 17.2 Å². The lowest BCUT2D eigenvalue weighted by atomic mass is 10.1. The van der Waals surface area contributed by atoms with E-state index in [4.69, 9.17) is 37.4 Å². The van der Waals surface area contributed by atoms with Crippen molar-refractivity contribution >= 4 is 50.7 Å². The average molecular weight is 639 g/mol. The van der Waals surface area contributed by atoms with Gasteiger partial charge in [0.2, 0.25) is 11.8 Å². The Bertz CT molecular complexity index is 1520. The van der Waals surface area contributed by atoms with Crippen molar-refractivity contribution in [1.29, 1.82) is 0 Å². The first-order valence-electron chi connectivity index (χ1n) is 12.9. The first kappa shape index (κ1) is 32.8. The molecule has 0 aromatic heterocycles. The molecule has 2 amide bonds. The van der Waals surface area contributed by atoms with Crippen LogP contribution in [0.5, 0.6) is 17.2 Å². The van der Waals surface area contributed by atoms with E-state index < -0.39 is 34.4 Å². The van der Waals surface area contributed by atoms with Gasteiger partial charge in [0.25, 0.3) is 10.0 Å². The zero-order chi connectivity index (χ0) is 31.0. The number of sulfonamides is 1. The van der Waals surface area contributed by atoms with Gasteiger partial charge in [-0.2, -0.15) is 0 Å². The third kappa shape index (κ3) is 7.58. The average Bonchev–Trinajstić information content (AvgIpc) is 2.98. The summed E-state index contributed by atoms with van der Waals surface area (Å²) in [6.07, 6.45) is 0. The van der Waals surface area contributed by atoms with Crippen LogP contribution in [0.1, 0.15) is 19.4 Å². The Morgan fingerprint density at radius 3 is 2.19 bits per heavy atom. The van der Waals surface area contributed by atoms with Crippen LogP contribution in [0.4, 0.5) is 5.69 Å². The van der Waals surface area contributed by atoms with Crippen molar-refractivity contribution in [2.24, 2.45) is 0 Å². The maximum atomic E-state index is 14.1. The van der Waals surface area contributed by atoms with Crippen molar-refractivity contribution in [3.63, 3.8) is 0 Å². The smallest absolute Gasteiger partial charge is 0.264 e. The predicted molar refractivity (Wildman–Crippen MR) is 162 cm³/mol. The van der Waals surface area contributed by atoms with E-state index in [1.807, 2.05) is 6.92 Å². The summed E-state index contributed by atoms with van der Waals surface area (Å²) in [5.74, 6) is -0.0171. The SMILES string of the molecule is CCOc1ccc(N(CC(=O)N(Cc2ccc(Cl)cc2Cl)[C@@H](C)C(=O)NC)S(=O)(=O)c2ccc(OC)c(OC)c2)cc1. The monoisotopic (exact) mass is 637 g/mol. The Labute approximate surface area is 256 Å². The van der Waals surface area contributed by atoms with Gasteiger partial charge in [0.1, 0.15) is 18.3 Å². The van der Waals surface area contributed by atoms with Gasteiger partial charge >= 0.3 is 0 Å². The second kappa shape index (κ2) is 14.5. The lowest BCUT2D eigenvalue weighted by Crippen LogP contribution is -2.50. The zero-order valence-electron chi connectivity index (χ0n) is 23.9. The summed E-state index contributed by atoms with van der Waals surface area (Å²) in [6, 6.07) is 14.3.